The minimum Gasteiger partial charge on any atom is -0.380 e. The average molecular weight is 217 g/mol. The molecule has 0 bridgehead atoms. The molecule has 0 saturated carbocycles. The average Bonchev–Trinajstić information content (AvgIpc) is 2.21. The third kappa shape index (κ3) is 3.23. The van der Waals surface area contributed by atoms with Gasteiger partial charge in [0.1, 0.15) is 11.6 Å². The highest BCUT2D eigenvalue weighted by atomic mass is 19.1. The lowest BCUT2D eigenvalue weighted by Gasteiger charge is -2.07. The lowest BCUT2D eigenvalue weighted by atomic mass is 10.1. The highest BCUT2D eigenvalue weighted by molar-refractivity contribution is 5.25. The summed E-state index contributed by atoms with van der Waals surface area (Å²) in [6.07, 6.45) is 0. The number of methoxy groups -OCH3 is 1. The first-order chi connectivity index (χ1) is 7.19. The normalized spacial score (nSPS) is 10.7. The molecule has 0 aromatic heterocycles. The van der Waals surface area contributed by atoms with Crippen LogP contribution in [0.25, 0.3) is 0 Å². The SMILES string of the molecule is COCc1cc(F)c(CNOC)cc1F. The van der Waals surface area contributed by atoms with Crippen LogP contribution in [-0.4, -0.2) is 14.2 Å². The van der Waals surface area contributed by atoms with Crippen molar-refractivity contribution < 1.29 is 18.4 Å². The van der Waals surface area contributed by atoms with Gasteiger partial charge in [0.2, 0.25) is 0 Å². The first-order valence-electron chi connectivity index (χ1n) is 4.40. The fraction of sp³-hybridized carbons (Fsp3) is 0.400. The number of rotatable bonds is 5. The Balaban J connectivity index is 2.87. The van der Waals surface area contributed by atoms with Crippen molar-refractivity contribution in [1.82, 2.24) is 5.48 Å². The Labute approximate surface area is 87.0 Å². The Kier molecular flexibility index (Phi) is 4.61. The summed E-state index contributed by atoms with van der Waals surface area (Å²) in [5.41, 5.74) is 2.87. The molecule has 0 saturated heterocycles. The van der Waals surface area contributed by atoms with Crippen molar-refractivity contribution in [2.24, 2.45) is 0 Å². The fourth-order valence-electron chi connectivity index (χ4n) is 1.18. The quantitative estimate of drug-likeness (QED) is 0.762. The standard InChI is InChI=1S/C10H13F2NO2/c1-14-6-8-4-9(11)7(3-10(8)12)5-13-15-2/h3-4,13H,5-6H2,1-2H3. The minimum absolute atomic E-state index is 0.0563. The zero-order valence-electron chi connectivity index (χ0n) is 8.64. The summed E-state index contributed by atoms with van der Waals surface area (Å²) < 4.78 is 31.4. The van der Waals surface area contributed by atoms with Crippen molar-refractivity contribution in [1.29, 1.82) is 0 Å². The maximum absolute atomic E-state index is 13.4. The van der Waals surface area contributed by atoms with Crippen molar-refractivity contribution in [3.8, 4) is 0 Å². The highest BCUT2D eigenvalue weighted by Gasteiger charge is 2.09. The molecule has 15 heavy (non-hydrogen) atoms. The molecule has 1 rings (SSSR count). The molecule has 0 amide bonds. The van der Waals surface area contributed by atoms with E-state index in [2.05, 4.69) is 10.3 Å². The second-order valence-electron chi connectivity index (χ2n) is 2.99. The summed E-state index contributed by atoms with van der Waals surface area (Å²) in [5.74, 6) is -0.959. The maximum Gasteiger partial charge on any atom is 0.129 e. The highest BCUT2D eigenvalue weighted by Crippen LogP contribution is 2.15. The molecular formula is C10H13F2NO2. The lowest BCUT2D eigenvalue weighted by Crippen LogP contribution is -2.12. The van der Waals surface area contributed by atoms with Crippen LogP contribution in [0.5, 0.6) is 0 Å². The molecule has 0 unspecified atom stereocenters. The molecule has 0 fully saturated rings. The summed E-state index contributed by atoms with van der Waals surface area (Å²) in [6, 6.07) is 2.27. The van der Waals surface area contributed by atoms with E-state index in [0.29, 0.717) is 0 Å². The van der Waals surface area contributed by atoms with Crippen LogP contribution in [0.1, 0.15) is 11.1 Å². The fourth-order valence-corrected chi connectivity index (χ4v) is 1.18. The molecule has 0 heterocycles. The van der Waals surface area contributed by atoms with Gasteiger partial charge in [-0.1, -0.05) is 0 Å². The van der Waals surface area contributed by atoms with Crippen LogP contribution >= 0.6 is 0 Å². The van der Waals surface area contributed by atoms with E-state index in [-0.39, 0.29) is 24.3 Å². The molecule has 0 spiro atoms. The molecular weight excluding hydrogens is 204 g/mol. The Morgan fingerprint density at radius 2 is 1.73 bits per heavy atom. The van der Waals surface area contributed by atoms with Gasteiger partial charge in [-0.3, -0.25) is 0 Å². The zero-order valence-corrected chi connectivity index (χ0v) is 8.64. The van der Waals surface area contributed by atoms with Crippen molar-refractivity contribution in [2.75, 3.05) is 14.2 Å². The van der Waals surface area contributed by atoms with Gasteiger partial charge in [0.15, 0.2) is 0 Å². The third-order valence-electron chi connectivity index (χ3n) is 1.92. The Bertz CT molecular complexity index is 331. The van der Waals surface area contributed by atoms with Gasteiger partial charge in [0, 0.05) is 24.8 Å². The van der Waals surface area contributed by atoms with Crippen molar-refractivity contribution in [3.63, 3.8) is 0 Å². The molecule has 84 valence electrons. The number of benzene rings is 1. The van der Waals surface area contributed by atoms with E-state index in [4.69, 9.17) is 4.74 Å². The van der Waals surface area contributed by atoms with Crippen LogP contribution in [0.15, 0.2) is 12.1 Å². The Hall–Kier alpha value is -1.04. The number of hydrogen-bond acceptors (Lipinski definition) is 3. The molecule has 1 aromatic rings. The van der Waals surface area contributed by atoms with Crippen molar-refractivity contribution >= 4 is 0 Å². The Morgan fingerprint density at radius 1 is 1.13 bits per heavy atom. The topological polar surface area (TPSA) is 30.5 Å². The van der Waals surface area contributed by atoms with Gasteiger partial charge < -0.3 is 9.57 Å². The van der Waals surface area contributed by atoms with E-state index < -0.39 is 11.6 Å². The monoisotopic (exact) mass is 217 g/mol. The minimum atomic E-state index is -0.480. The van der Waals surface area contributed by atoms with Gasteiger partial charge in [-0.15, -0.1) is 0 Å². The summed E-state index contributed by atoms with van der Waals surface area (Å²) in [6.45, 7) is 0.174. The van der Waals surface area contributed by atoms with Crippen LogP contribution in [0.2, 0.25) is 0 Å². The Morgan fingerprint density at radius 3 is 2.33 bits per heavy atom. The number of nitrogens with one attached hydrogen (secondary N) is 1. The zero-order chi connectivity index (χ0) is 11.3. The van der Waals surface area contributed by atoms with Gasteiger partial charge in [0.05, 0.1) is 13.7 Å². The number of hydrogen-bond donors (Lipinski definition) is 1. The van der Waals surface area contributed by atoms with Gasteiger partial charge in [-0.2, -0.15) is 5.48 Å². The summed E-state index contributed by atoms with van der Waals surface area (Å²) in [4.78, 5) is 4.55. The molecule has 0 atom stereocenters. The first-order valence-corrected chi connectivity index (χ1v) is 4.40. The van der Waals surface area contributed by atoms with Crippen LogP contribution in [0.3, 0.4) is 0 Å². The predicted molar refractivity (Wildman–Crippen MR) is 50.9 cm³/mol. The summed E-state index contributed by atoms with van der Waals surface area (Å²) >= 11 is 0. The molecule has 0 aliphatic heterocycles. The second-order valence-corrected chi connectivity index (χ2v) is 2.99. The van der Waals surface area contributed by atoms with Crippen LogP contribution in [0.4, 0.5) is 8.78 Å². The first kappa shape index (κ1) is 12.0. The van der Waals surface area contributed by atoms with Gasteiger partial charge in [-0.25, -0.2) is 8.78 Å². The molecule has 3 nitrogen and oxygen atoms in total. The van der Waals surface area contributed by atoms with Crippen LogP contribution in [-0.2, 0) is 22.7 Å². The van der Waals surface area contributed by atoms with Crippen molar-refractivity contribution in [3.05, 3.63) is 34.9 Å². The van der Waals surface area contributed by atoms with E-state index in [9.17, 15) is 8.78 Å². The third-order valence-corrected chi connectivity index (χ3v) is 1.92. The van der Waals surface area contributed by atoms with E-state index >= 15 is 0 Å². The number of halogens is 2. The molecule has 0 radical (unpaired) electrons. The van der Waals surface area contributed by atoms with E-state index in [1.165, 1.54) is 14.2 Å². The molecule has 0 aliphatic rings. The predicted octanol–water partition coefficient (Wildman–Crippen LogP) is 1.76. The van der Waals surface area contributed by atoms with Gasteiger partial charge >= 0.3 is 0 Å². The van der Waals surface area contributed by atoms with Gasteiger partial charge in [-0.05, 0) is 12.1 Å². The molecule has 1 N–H and O–H groups in total. The molecule has 0 aliphatic carbocycles. The van der Waals surface area contributed by atoms with Crippen molar-refractivity contribution in [2.45, 2.75) is 13.2 Å². The van der Waals surface area contributed by atoms with Crippen LogP contribution in [0, 0.1) is 11.6 Å². The summed E-state index contributed by atoms with van der Waals surface area (Å²) in [5, 5.41) is 0. The largest absolute Gasteiger partial charge is 0.380 e. The lowest BCUT2D eigenvalue weighted by molar-refractivity contribution is 0.0858. The molecule has 1 aromatic carbocycles. The second kappa shape index (κ2) is 5.75. The summed E-state index contributed by atoms with van der Waals surface area (Å²) in [7, 11) is 2.84. The van der Waals surface area contributed by atoms with E-state index in [1.807, 2.05) is 0 Å². The van der Waals surface area contributed by atoms with E-state index in [0.717, 1.165) is 12.1 Å². The molecule has 5 heteroatoms. The smallest absolute Gasteiger partial charge is 0.129 e. The van der Waals surface area contributed by atoms with E-state index in [1.54, 1.807) is 0 Å². The number of ether oxygens (including phenoxy) is 1. The van der Waals surface area contributed by atoms with Gasteiger partial charge in [0.25, 0.3) is 0 Å². The van der Waals surface area contributed by atoms with Crippen LogP contribution < -0.4 is 5.48 Å². The number of hydroxylamine groups is 1. The maximum atomic E-state index is 13.4.